The molecule has 0 aliphatic rings. The summed E-state index contributed by atoms with van der Waals surface area (Å²) in [6.45, 7) is 0. The van der Waals surface area contributed by atoms with Crippen LogP contribution in [-0.4, -0.2) is 21.5 Å². The zero-order valence-corrected chi connectivity index (χ0v) is 13.2. The van der Waals surface area contributed by atoms with Crippen LogP contribution in [0.25, 0.3) is 16.9 Å². The number of nitrogens with zero attached hydrogens (tertiary/aromatic N) is 2. The van der Waals surface area contributed by atoms with Gasteiger partial charge in [-0.1, -0.05) is 23.7 Å². The summed E-state index contributed by atoms with van der Waals surface area (Å²) in [5.74, 6) is -1.94. The van der Waals surface area contributed by atoms with Gasteiger partial charge in [-0.2, -0.15) is 13.2 Å². The van der Waals surface area contributed by atoms with Crippen LogP contribution in [0.2, 0.25) is 5.02 Å². The van der Waals surface area contributed by atoms with Gasteiger partial charge in [-0.3, -0.25) is 9.20 Å². The number of alkyl halides is 3. The van der Waals surface area contributed by atoms with Crippen LogP contribution in [-0.2, 0) is 4.79 Å². The van der Waals surface area contributed by atoms with Crippen molar-refractivity contribution in [2.24, 2.45) is 0 Å². The Morgan fingerprint density at radius 2 is 2.00 bits per heavy atom. The number of hydrogen-bond acceptors (Lipinski definition) is 2. The second-order valence-electron chi connectivity index (χ2n) is 5.24. The molecular weight excluding hydrogens is 362 g/mol. The lowest BCUT2D eigenvalue weighted by atomic mass is 10.1. The van der Waals surface area contributed by atoms with Gasteiger partial charge < -0.3 is 5.32 Å². The smallest absolute Gasteiger partial charge is 0.309 e. The van der Waals surface area contributed by atoms with Crippen molar-refractivity contribution in [3.63, 3.8) is 0 Å². The van der Waals surface area contributed by atoms with Gasteiger partial charge in [0.25, 0.3) is 0 Å². The Hall–Kier alpha value is -2.61. The zero-order valence-electron chi connectivity index (χ0n) is 12.4. The largest absolute Gasteiger partial charge is 0.397 e. The van der Waals surface area contributed by atoms with E-state index in [1.165, 1.54) is 16.5 Å². The van der Waals surface area contributed by atoms with Gasteiger partial charge in [0.2, 0.25) is 5.91 Å². The highest BCUT2D eigenvalue weighted by Gasteiger charge is 2.32. The number of aromatic nitrogens is 2. The summed E-state index contributed by atoms with van der Waals surface area (Å²) >= 11 is 5.95. The minimum absolute atomic E-state index is 0.109. The first-order chi connectivity index (χ1) is 11.7. The quantitative estimate of drug-likeness (QED) is 0.679. The summed E-state index contributed by atoms with van der Waals surface area (Å²) in [5.41, 5.74) is 0.958. The van der Waals surface area contributed by atoms with Crippen molar-refractivity contribution in [1.82, 2.24) is 9.38 Å². The molecule has 2 aromatic heterocycles. The predicted octanol–water partition coefficient (Wildman–Crippen LogP) is 4.68. The van der Waals surface area contributed by atoms with Gasteiger partial charge >= 0.3 is 6.18 Å². The Kier molecular flexibility index (Phi) is 4.38. The number of anilines is 1. The highest BCUT2D eigenvalue weighted by molar-refractivity contribution is 6.30. The van der Waals surface area contributed by atoms with Crippen molar-refractivity contribution in [1.29, 1.82) is 0 Å². The lowest BCUT2D eigenvalue weighted by Crippen LogP contribution is -2.21. The lowest BCUT2D eigenvalue weighted by Gasteiger charge is -2.09. The number of halogens is 5. The van der Waals surface area contributed by atoms with E-state index < -0.39 is 24.3 Å². The standard InChI is InChI=1S/C16H10ClF4N3O/c17-10-3-1-2-9(6-10)14-15(23-13(25)7-16(19,20)21)22-12-5-4-11(18)8-24(12)14/h1-6,8H,7H2,(H,23,25). The number of pyridine rings is 1. The van der Waals surface area contributed by atoms with Crippen molar-refractivity contribution in [2.45, 2.75) is 12.6 Å². The maximum absolute atomic E-state index is 13.6. The summed E-state index contributed by atoms with van der Waals surface area (Å²) in [7, 11) is 0. The summed E-state index contributed by atoms with van der Waals surface area (Å²) in [6.07, 6.45) is -5.17. The van der Waals surface area contributed by atoms with Crippen molar-refractivity contribution < 1.29 is 22.4 Å². The number of carbonyl (C=O) groups is 1. The highest BCUT2D eigenvalue weighted by Crippen LogP contribution is 2.31. The Balaban J connectivity index is 2.11. The summed E-state index contributed by atoms with van der Waals surface area (Å²) in [4.78, 5) is 15.7. The first-order valence-electron chi connectivity index (χ1n) is 7.03. The Bertz CT molecular complexity index is 952. The van der Waals surface area contributed by atoms with Crippen molar-refractivity contribution in [3.05, 3.63) is 53.4 Å². The summed E-state index contributed by atoms with van der Waals surface area (Å²) < 4.78 is 52.1. The fourth-order valence-electron chi connectivity index (χ4n) is 2.38. The van der Waals surface area contributed by atoms with Crippen molar-refractivity contribution in [3.8, 4) is 11.3 Å². The Morgan fingerprint density at radius 1 is 1.24 bits per heavy atom. The molecule has 2 heterocycles. The molecule has 130 valence electrons. The van der Waals surface area contributed by atoms with Gasteiger partial charge in [-0.05, 0) is 24.3 Å². The second kappa shape index (κ2) is 6.36. The minimum Gasteiger partial charge on any atom is -0.309 e. The minimum atomic E-state index is -4.65. The van der Waals surface area contributed by atoms with Crippen LogP contribution >= 0.6 is 11.6 Å². The molecule has 9 heteroatoms. The molecular formula is C16H10ClF4N3O. The number of fused-ring (bicyclic) bond motifs is 1. The SMILES string of the molecule is O=C(CC(F)(F)F)Nc1nc2ccc(F)cn2c1-c1cccc(Cl)c1. The van der Waals surface area contributed by atoms with E-state index >= 15 is 0 Å². The number of hydrogen-bond donors (Lipinski definition) is 1. The van der Waals surface area contributed by atoms with E-state index in [4.69, 9.17) is 11.6 Å². The van der Waals surface area contributed by atoms with E-state index in [0.29, 0.717) is 10.6 Å². The number of rotatable bonds is 3. The van der Waals surface area contributed by atoms with E-state index in [2.05, 4.69) is 10.3 Å². The average Bonchev–Trinajstić information content (AvgIpc) is 2.82. The first-order valence-corrected chi connectivity index (χ1v) is 7.41. The van der Waals surface area contributed by atoms with Crippen LogP contribution in [0, 0.1) is 5.82 Å². The van der Waals surface area contributed by atoms with E-state index in [9.17, 15) is 22.4 Å². The second-order valence-corrected chi connectivity index (χ2v) is 5.67. The topological polar surface area (TPSA) is 46.4 Å². The Labute approximate surface area is 144 Å². The molecule has 0 saturated carbocycles. The summed E-state index contributed by atoms with van der Waals surface area (Å²) in [5, 5.41) is 2.51. The maximum Gasteiger partial charge on any atom is 0.397 e. The van der Waals surface area contributed by atoms with Crippen molar-refractivity contribution in [2.75, 3.05) is 5.32 Å². The number of imidazole rings is 1. The third-order valence-corrected chi connectivity index (χ3v) is 3.53. The molecule has 0 saturated heterocycles. The molecule has 1 aromatic carbocycles. The Morgan fingerprint density at radius 3 is 2.68 bits per heavy atom. The molecule has 0 bridgehead atoms. The van der Waals surface area contributed by atoms with Gasteiger partial charge in [0.15, 0.2) is 5.82 Å². The normalized spacial score (nSPS) is 11.7. The predicted molar refractivity (Wildman–Crippen MR) is 84.9 cm³/mol. The fraction of sp³-hybridized carbons (Fsp3) is 0.125. The molecule has 0 radical (unpaired) electrons. The molecule has 0 unspecified atom stereocenters. The molecule has 1 N–H and O–H groups in total. The monoisotopic (exact) mass is 371 g/mol. The number of amides is 1. The van der Waals surface area contributed by atoms with Crippen molar-refractivity contribution >= 4 is 29.0 Å². The molecule has 0 aliphatic heterocycles. The molecule has 0 fully saturated rings. The van der Waals surface area contributed by atoms with Crippen LogP contribution in [0.15, 0.2) is 42.6 Å². The van der Waals surface area contributed by atoms with E-state index in [1.54, 1.807) is 18.2 Å². The van der Waals surface area contributed by atoms with Gasteiger partial charge in [-0.15, -0.1) is 0 Å². The number of benzene rings is 1. The lowest BCUT2D eigenvalue weighted by molar-refractivity contribution is -0.150. The molecule has 0 spiro atoms. The third kappa shape index (κ3) is 3.90. The van der Waals surface area contributed by atoms with Crippen LogP contribution in [0.4, 0.5) is 23.4 Å². The molecule has 0 atom stereocenters. The molecule has 0 aliphatic carbocycles. The van der Waals surface area contributed by atoms with Gasteiger partial charge in [0.05, 0.1) is 5.69 Å². The highest BCUT2D eigenvalue weighted by atomic mass is 35.5. The zero-order chi connectivity index (χ0) is 18.2. The number of carbonyl (C=O) groups excluding carboxylic acids is 1. The molecule has 3 rings (SSSR count). The van der Waals surface area contributed by atoms with Gasteiger partial charge in [0.1, 0.15) is 17.9 Å². The van der Waals surface area contributed by atoms with Crippen LogP contribution in [0.1, 0.15) is 6.42 Å². The number of nitrogens with one attached hydrogen (secondary N) is 1. The van der Waals surface area contributed by atoms with E-state index in [1.807, 2.05) is 0 Å². The van der Waals surface area contributed by atoms with Crippen LogP contribution in [0.5, 0.6) is 0 Å². The maximum atomic E-state index is 13.6. The fourth-order valence-corrected chi connectivity index (χ4v) is 2.57. The first kappa shape index (κ1) is 17.2. The van der Waals surface area contributed by atoms with E-state index in [0.717, 1.165) is 12.3 Å². The van der Waals surface area contributed by atoms with Crippen LogP contribution < -0.4 is 5.32 Å². The molecule has 3 aromatic rings. The van der Waals surface area contributed by atoms with E-state index in [-0.39, 0.29) is 17.2 Å². The average molecular weight is 372 g/mol. The molecule has 4 nitrogen and oxygen atoms in total. The van der Waals surface area contributed by atoms with Gasteiger partial charge in [0, 0.05) is 16.8 Å². The molecule has 1 amide bonds. The summed E-state index contributed by atoms with van der Waals surface area (Å²) in [6, 6.07) is 8.90. The van der Waals surface area contributed by atoms with Crippen LogP contribution in [0.3, 0.4) is 0 Å². The van der Waals surface area contributed by atoms with Gasteiger partial charge in [-0.25, -0.2) is 9.37 Å². The third-order valence-electron chi connectivity index (χ3n) is 3.30. The molecule has 25 heavy (non-hydrogen) atoms.